The zero-order valence-corrected chi connectivity index (χ0v) is 39.8. The van der Waals surface area contributed by atoms with E-state index in [4.69, 9.17) is 28.4 Å². The van der Waals surface area contributed by atoms with Crippen LogP contribution in [-0.4, -0.2) is 191 Å². The molecule has 0 radical (unpaired) electrons. The van der Waals surface area contributed by atoms with Gasteiger partial charge in [0.25, 0.3) is 0 Å². The number of rotatable bonds is 13. The van der Waals surface area contributed by atoms with Crippen molar-refractivity contribution in [2.45, 2.75) is 217 Å². The number of hydrogen-bond donors (Lipinski definition) is 12. The topological polar surface area (TPSA) is 298 Å². The molecular weight excluding hydrogens is 865 g/mol. The highest BCUT2D eigenvalue weighted by atomic mass is 16.8. The smallest absolute Gasteiger partial charge is 0.187 e. The number of aliphatic hydroxyl groups excluding tert-OH is 12. The molecule has 0 aromatic carbocycles. The molecule has 18 nitrogen and oxygen atoms in total. The predicted octanol–water partition coefficient (Wildman–Crippen LogP) is -0.107. The summed E-state index contributed by atoms with van der Waals surface area (Å²) >= 11 is 0. The fourth-order valence-electron chi connectivity index (χ4n) is 14.1. The third-order valence-electron chi connectivity index (χ3n) is 18.1. The second-order valence-corrected chi connectivity index (χ2v) is 22.4. The van der Waals surface area contributed by atoms with E-state index < -0.39 is 141 Å². The molecule has 66 heavy (non-hydrogen) atoms. The van der Waals surface area contributed by atoms with Crippen LogP contribution < -0.4 is 0 Å². The largest absolute Gasteiger partial charge is 0.394 e. The van der Waals surface area contributed by atoms with Crippen LogP contribution in [0.3, 0.4) is 0 Å². The highest BCUT2D eigenvalue weighted by molar-refractivity contribution is 5.34. The number of aliphatic hydroxyl groups is 12. The maximum Gasteiger partial charge on any atom is 0.187 e. The molecule has 380 valence electrons. The third kappa shape index (κ3) is 8.71. The summed E-state index contributed by atoms with van der Waals surface area (Å²) in [6.07, 6.45) is -14.6. The molecule has 7 rings (SSSR count). The fraction of sp³-hybridized carbons (Fsp3) is 0.917. The van der Waals surface area contributed by atoms with Gasteiger partial charge in [0.1, 0.15) is 73.2 Å². The van der Waals surface area contributed by atoms with E-state index in [1.165, 1.54) is 0 Å². The average Bonchev–Trinajstić information content (AvgIpc) is 3.65. The Bertz CT molecular complexity index is 1740. The van der Waals surface area contributed by atoms with Gasteiger partial charge in [-0.15, -0.1) is 0 Å². The minimum atomic E-state index is -1.80. The summed E-state index contributed by atoms with van der Waals surface area (Å²) in [5, 5.41) is 129. The van der Waals surface area contributed by atoms with Gasteiger partial charge in [-0.2, -0.15) is 0 Å². The van der Waals surface area contributed by atoms with Gasteiger partial charge in [-0.3, -0.25) is 0 Å². The molecule has 7 aliphatic rings. The lowest BCUT2D eigenvalue weighted by atomic mass is 9.37. The predicted molar refractivity (Wildman–Crippen MR) is 234 cm³/mol. The standard InChI is InChI=1S/C48H80O18/c1-22(2)10-9-14-48(8,66-42-39(60)36(57)33(54)26(20-50)62-42)23-11-16-47(7)31(23)24(52)18-29-45(5)15-13-30(44(3,4)28(45)12-17-46(29,47)6)64-43-40(37(58)34(55)27(21-51)63-43)65-41-38(59)35(56)32(53)25(19-49)61-41/h10,12,23-27,29-43,49-60H,9,11,13-21H2,1-8H3/t23-,24-,25-,26-,27-,29-,30+,31+,32-,33-,34-,35+,36+,37+,38+,39+,40+,41+,42+,43+,45+,46-,47-,48+/m1/s1. The second kappa shape index (κ2) is 19.4. The first-order valence-corrected chi connectivity index (χ1v) is 24.1. The highest BCUT2D eigenvalue weighted by Gasteiger charge is 2.71. The molecule has 18 heteroatoms. The van der Waals surface area contributed by atoms with Crippen LogP contribution in [0.4, 0.5) is 0 Å². The van der Waals surface area contributed by atoms with Gasteiger partial charge >= 0.3 is 0 Å². The first kappa shape index (κ1) is 52.6. The molecule has 0 aromatic rings. The summed E-state index contributed by atoms with van der Waals surface area (Å²) < 4.78 is 37.1. The van der Waals surface area contributed by atoms with E-state index in [1.54, 1.807) is 0 Å². The Morgan fingerprint density at radius 2 is 1.23 bits per heavy atom. The van der Waals surface area contributed by atoms with Crippen molar-refractivity contribution in [2.75, 3.05) is 19.8 Å². The zero-order chi connectivity index (χ0) is 48.6. The summed E-state index contributed by atoms with van der Waals surface area (Å²) in [5.41, 5.74) is -0.390. The maximum absolute atomic E-state index is 12.6. The molecule has 12 N–H and O–H groups in total. The van der Waals surface area contributed by atoms with Crippen LogP contribution >= 0.6 is 0 Å². The first-order chi connectivity index (χ1) is 30.8. The normalized spacial score (nSPS) is 51.2. The molecule has 6 fully saturated rings. The summed E-state index contributed by atoms with van der Waals surface area (Å²) in [6, 6.07) is 0. The van der Waals surface area contributed by atoms with Crippen LogP contribution in [0.1, 0.15) is 107 Å². The van der Waals surface area contributed by atoms with E-state index in [0.717, 1.165) is 24.0 Å². The molecule has 0 spiro atoms. The van der Waals surface area contributed by atoms with E-state index in [0.29, 0.717) is 38.5 Å². The summed E-state index contributed by atoms with van der Waals surface area (Å²) in [7, 11) is 0. The molecule has 3 saturated heterocycles. The Morgan fingerprint density at radius 3 is 1.80 bits per heavy atom. The number of allylic oxidation sites excluding steroid dienone is 3. The minimum absolute atomic E-state index is 0.0347. The van der Waals surface area contributed by atoms with Crippen molar-refractivity contribution in [2.24, 2.45) is 39.4 Å². The Morgan fingerprint density at radius 1 is 0.682 bits per heavy atom. The van der Waals surface area contributed by atoms with Crippen LogP contribution in [0, 0.1) is 39.4 Å². The molecule has 0 bridgehead atoms. The molecule has 0 unspecified atom stereocenters. The average molecular weight is 945 g/mol. The van der Waals surface area contributed by atoms with Crippen LogP contribution in [0.5, 0.6) is 0 Å². The molecule has 0 amide bonds. The molecule has 3 heterocycles. The van der Waals surface area contributed by atoms with Crippen molar-refractivity contribution in [1.82, 2.24) is 0 Å². The molecule has 3 saturated carbocycles. The summed E-state index contributed by atoms with van der Waals surface area (Å²) in [5.74, 6) is -0.360. The van der Waals surface area contributed by atoms with E-state index in [1.807, 2.05) is 20.8 Å². The maximum atomic E-state index is 12.6. The van der Waals surface area contributed by atoms with Crippen LogP contribution in [0.25, 0.3) is 0 Å². The number of hydrogen-bond acceptors (Lipinski definition) is 18. The van der Waals surface area contributed by atoms with Gasteiger partial charge in [-0.05, 0) is 106 Å². The quantitative estimate of drug-likeness (QED) is 0.107. The number of fused-ring (bicyclic) bond motifs is 5. The van der Waals surface area contributed by atoms with Gasteiger partial charge in [-0.1, -0.05) is 57.9 Å². The molecule has 4 aliphatic carbocycles. The SMILES string of the molecule is CC(C)=CCC[C@](C)(O[C@@H]1O[C@H](CO)[C@@H](O)[C@H](O)[C@@H]1O)[C@@H]1CC[C@]2(C)[C@@H]1[C@H](O)C[C@@H]1[C@@]3(C)CC[C@H](O[C@@H]4O[C@H](CO)[C@@H](O)[C@H](O)[C@@H]4O[C@@H]4O[C@H](CO)[C@@H](O)[C@H](O)[C@@H]4O)C(C)(C)C3=CC[C@]12C. The highest BCUT2D eigenvalue weighted by Crippen LogP contribution is 2.75. The summed E-state index contributed by atoms with van der Waals surface area (Å²) in [4.78, 5) is 0. The minimum Gasteiger partial charge on any atom is -0.394 e. The van der Waals surface area contributed by atoms with Crippen LogP contribution in [-0.2, 0) is 28.4 Å². The fourth-order valence-corrected chi connectivity index (χ4v) is 14.1. The molecule has 3 aliphatic heterocycles. The summed E-state index contributed by atoms with van der Waals surface area (Å²) in [6.45, 7) is 15.2. The Kier molecular flexibility index (Phi) is 15.5. The van der Waals surface area contributed by atoms with Crippen molar-refractivity contribution in [3.63, 3.8) is 0 Å². The molecule has 24 atom stereocenters. The van der Waals surface area contributed by atoms with Crippen molar-refractivity contribution >= 4 is 0 Å². The lowest BCUT2D eigenvalue weighted by Crippen LogP contribution is -2.66. The van der Waals surface area contributed by atoms with E-state index in [-0.39, 0.29) is 28.6 Å². The first-order valence-electron chi connectivity index (χ1n) is 24.1. The second-order valence-electron chi connectivity index (χ2n) is 22.4. The van der Waals surface area contributed by atoms with E-state index in [9.17, 15) is 61.3 Å². The molecular formula is C48H80O18. The van der Waals surface area contributed by atoms with Gasteiger partial charge in [0, 0.05) is 5.41 Å². The Labute approximate surface area is 388 Å². The van der Waals surface area contributed by atoms with Crippen LogP contribution in [0.15, 0.2) is 23.3 Å². The lowest BCUT2D eigenvalue weighted by molar-refractivity contribution is -0.375. The third-order valence-corrected chi connectivity index (χ3v) is 18.1. The van der Waals surface area contributed by atoms with E-state index in [2.05, 4.69) is 46.8 Å². The van der Waals surface area contributed by atoms with Crippen molar-refractivity contribution in [1.29, 1.82) is 0 Å². The van der Waals surface area contributed by atoms with Crippen LogP contribution in [0.2, 0.25) is 0 Å². The Hall–Kier alpha value is -1.24. The lowest BCUT2D eigenvalue weighted by Gasteiger charge is -2.68. The van der Waals surface area contributed by atoms with Gasteiger partial charge in [0.2, 0.25) is 0 Å². The van der Waals surface area contributed by atoms with E-state index >= 15 is 0 Å². The molecule has 0 aromatic heterocycles. The zero-order valence-electron chi connectivity index (χ0n) is 39.8. The van der Waals surface area contributed by atoms with Gasteiger partial charge in [0.05, 0.1) is 37.6 Å². The number of ether oxygens (including phenoxy) is 6. The van der Waals surface area contributed by atoms with Crippen molar-refractivity contribution in [3.05, 3.63) is 23.3 Å². The Balaban J connectivity index is 1.15. The van der Waals surface area contributed by atoms with Gasteiger partial charge < -0.3 is 89.7 Å². The van der Waals surface area contributed by atoms with Crippen molar-refractivity contribution < 1.29 is 89.7 Å². The van der Waals surface area contributed by atoms with Gasteiger partial charge in [0.15, 0.2) is 18.9 Å². The van der Waals surface area contributed by atoms with Crippen molar-refractivity contribution in [3.8, 4) is 0 Å². The van der Waals surface area contributed by atoms with Gasteiger partial charge in [-0.25, -0.2) is 0 Å². The monoisotopic (exact) mass is 945 g/mol.